The fourth-order valence-electron chi connectivity index (χ4n) is 2.82. The number of amides is 1. The highest BCUT2D eigenvalue weighted by Crippen LogP contribution is 2.19. The Labute approximate surface area is 162 Å². The Bertz CT molecular complexity index is 848. The minimum absolute atomic E-state index is 0.0808. The number of carbonyl (C=O) groups is 1. The van der Waals surface area contributed by atoms with Crippen LogP contribution in [0, 0.1) is 10.1 Å². The van der Waals surface area contributed by atoms with Gasteiger partial charge < -0.3 is 15.0 Å². The molecular weight excluding hydrogens is 366 g/mol. The monoisotopic (exact) mass is 385 g/mol. The molecule has 0 aliphatic carbocycles. The normalized spacial score (nSPS) is 13.7. The Morgan fingerprint density at radius 2 is 1.81 bits per heavy atom. The molecule has 0 bridgehead atoms. The van der Waals surface area contributed by atoms with Crippen molar-refractivity contribution in [2.75, 3.05) is 18.4 Å². The Morgan fingerprint density at radius 3 is 2.48 bits per heavy atom. The number of thiocarbonyl (C=S) groups is 1. The van der Waals surface area contributed by atoms with Gasteiger partial charge in [0.25, 0.3) is 16.8 Å². The summed E-state index contributed by atoms with van der Waals surface area (Å²) in [5.74, 6) is 0.207. The van der Waals surface area contributed by atoms with Crippen molar-refractivity contribution in [2.45, 2.75) is 19.3 Å². The zero-order chi connectivity index (χ0) is 19.2. The van der Waals surface area contributed by atoms with Crippen molar-refractivity contribution in [3.05, 3.63) is 64.2 Å². The highest BCUT2D eigenvalue weighted by Gasteiger charge is 2.15. The first kappa shape index (κ1) is 18.8. The summed E-state index contributed by atoms with van der Waals surface area (Å²) in [7, 11) is 0. The molecule has 3 rings (SSSR count). The number of anilines is 1. The van der Waals surface area contributed by atoms with Crippen molar-refractivity contribution in [1.29, 1.82) is 0 Å². The molecule has 0 saturated carbocycles. The van der Waals surface area contributed by atoms with Gasteiger partial charge in [-0.05, 0) is 61.8 Å². The predicted octanol–water partition coefficient (Wildman–Crippen LogP) is 4.00. The predicted molar refractivity (Wildman–Crippen MR) is 106 cm³/mol. The number of likely N-dealkylation sites (tertiary alicyclic amines) is 1. The molecule has 7 nitrogen and oxygen atoms in total. The van der Waals surface area contributed by atoms with E-state index in [1.807, 2.05) is 4.90 Å². The van der Waals surface area contributed by atoms with Crippen LogP contribution in [0.1, 0.15) is 29.6 Å². The molecule has 1 N–H and O–H groups in total. The quantitative estimate of drug-likeness (QED) is 0.486. The number of rotatable bonds is 4. The molecule has 2 aromatic carbocycles. The fourth-order valence-corrected chi connectivity index (χ4v) is 3.10. The summed E-state index contributed by atoms with van der Waals surface area (Å²) < 4.78 is 5.70. The summed E-state index contributed by atoms with van der Waals surface area (Å²) in [4.78, 5) is 24.7. The highest BCUT2D eigenvalue weighted by molar-refractivity contribution is 7.80. The van der Waals surface area contributed by atoms with Gasteiger partial charge in [0.15, 0.2) is 0 Å². The van der Waals surface area contributed by atoms with Gasteiger partial charge in [-0.1, -0.05) is 6.07 Å². The lowest BCUT2D eigenvalue weighted by molar-refractivity contribution is -0.384. The van der Waals surface area contributed by atoms with E-state index in [9.17, 15) is 14.9 Å². The van der Waals surface area contributed by atoms with E-state index >= 15 is 0 Å². The molecule has 0 aromatic heterocycles. The lowest BCUT2D eigenvalue weighted by atomic mass is 10.1. The molecule has 140 valence electrons. The first-order chi connectivity index (χ1) is 13.0. The molecule has 0 radical (unpaired) electrons. The van der Waals surface area contributed by atoms with E-state index in [-0.39, 0.29) is 11.6 Å². The van der Waals surface area contributed by atoms with E-state index < -0.39 is 4.92 Å². The number of carbonyl (C=O) groups excluding carboxylic acids is 1. The average molecular weight is 385 g/mol. The van der Waals surface area contributed by atoms with E-state index in [2.05, 4.69) is 5.32 Å². The van der Waals surface area contributed by atoms with Gasteiger partial charge in [0.1, 0.15) is 5.75 Å². The van der Waals surface area contributed by atoms with Crippen LogP contribution in [0.2, 0.25) is 0 Å². The molecule has 1 amide bonds. The van der Waals surface area contributed by atoms with Gasteiger partial charge in [-0.15, -0.1) is 0 Å². The molecule has 2 aromatic rings. The van der Waals surface area contributed by atoms with Crippen molar-refractivity contribution in [3.63, 3.8) is 0 Å². The van der Waals surface area contributed by atoms with Gasteiger partial charge in [0.2, 0.25) is 0 Å². The van der Waals surface area contributed by atoms with Crippen LogP contribution in [-0.2, 0) is 0 Å². The molecule has 27 heavy (non-hydrogen) atoms. The van der Waals surface area contributed by atoms with Crippen molar-refractivity contribution in [2.24, 2.45) is 0 Å². The third kappa shape index (κ3) is 5.01. The van der Waals surface area contributed by atoms with Crippen LogP contribution >= 0.6 is 12.2 Å². The highest BCUT2D eigenvalue weighted by atomic mass is 32.1. The third-order valence-electron chi connectivity index (χ3n) is 4.25. The Morgan fingerprint density at radius 1 is 1.11 bits per heavy atom. The van der Waals surface area contributed by atoms with Gasteiger partial charge in [0.05, 0.1) is 4.92 Å². The summed E-state index contributed by atoms with van der Waals surface area (Å²) in [6.07, 6.45) is 3.44. The van der Waals surface area contributed by atoms with E-state index in [1.54, 1.807) is 30.3 Å². The zero-order valence-corrected chi connectivity index (χ0v) is 15.4. The zero-order valence-electron chi connectivity index (χ0n) is 14.6. The van der Waals surface area contributed by atoms with Crippen molar-refractivity contribution in [1.82, 2.24) is 4.90 Å². The number of nitrogens with one attached hydrogen (secondary N) is 1. The van der Waals surface area contributed by atoms with Crippen molar-refractivity contribution >= 4 is 34.7 Å². The molecule has 8 heteroatoms. The van der Waals surface area contributed by atoms with Crippen molar-refractivity contribution in [3.8, 4) is 5.75 Å². The number of ether oxygens (including phenoxy) is 1. The summed E-state index contributed by atoms with van der Waals surface area (Å²) >= 11 is 5.33. The molecule has 1 aliphatic rings. The Kier molecular flexibility index (Phi) is 5.97. The number of hydrogen-bond donors (Lipinski definition) is 1. The number of nitro benzene ring substituents is 1. The van der Waals surface area contributed by atoms with E-state index in [0.29, 0.717) is 22.2 Å². The van der Waals surface area contributed by atoms with Gasteiger partial charge in [-0.3, -0.25) is 14.9 Å². The summed E-state index contributed by atoms with van der Waals surface area (Å²) in [6.45, 7) is 1.81. The lowest BCUT2D eigenvalue weighted by Crippen LogP contribution is -2.37. The number of nitro groups is 1. The van der Waals surface area contributed by atoms with E-state index in [4.69, 9.17) is 17.0 Å². The van der Waals surface area contributed by atoms with Crippen LogP contribution in [0.15, 0.2) is 48.5 Å². The number of hydrogen-bond acceptors (Lipinski definition) is 5. The summed E-state index contributed by atoms with van der Waals surface area (Å²) in [5, 5.41) is 13.9. The second-order valence-corrected chi connectivity index (χ2v) is 6.55. The van der Waals surface area contributed by atoms with Crippen LogP contribution in [0.3, 0.4) is 0 Å². The second-order valence-electron chi connectivity index (χ2n) is 6.20. The summed E-state index contributed by atoms with van der Waals surface area (Å²) in [6, 6.07) is 12.4. The molecule has 0 unspecified atom stereocenters. The average Bonchev–Trinajstić information content (AvgIpc) is 2.69. The van der Waals surface area contributed by atoms with Crippen LogP contribution in [0.5, 0.6) is 5.75 Å². The maximum atomic E-state index is 12.3. The first-order valence-corrected chi connectivity index (χ1v) is 9.06. The minimum Gasteiger partial charge on any atom is -0.432 e. The maximum Gasteiger partial charge on any atom is 0.271 e. The molecular formula is C19H19N3O4S. The SMILES string of the molecule is O=C(Nc1cccc([N+](=O)[O-])c1)c1ccc(OC(=S)N2CCCCC2)cc1. The minimum atomic E-state index is -0.507. The smallest absolute Gasteiger partial charge is 0.271 e. The Hall–Kier alpha value is -3.00. The largest absolute Gasteiger partial charge is 0.432 e. The number of nitrogens with zero attached hydrogens (tertiary/aromatic N) is 2. The molecule has 1 heterocycles. The first-order valence-electron chi connectivity index (χ1n) is 8.65. The van der Waals surface area contributed by atoms with Gasteiger partial charge in [0, 0.05) is 36.5 Å². The Balaban J connectivity index is 1.61. The second kappa shape index (κ2) is 8.59. The molecule has 1 saturated heterocycles. The van der Waals surface area contributed by atoms with Crippen molar-refractivity contribution < 1.29 is 14.5 Å². The van der Waals surface area contributed by atoms with E-state index in [0.717, 1.165) is 25.9 Å². The van der Waals surface area contributed by atoms with Crippen LogP contribution in [0.25, 0.3) is 0 Å². The van der Waals surface area contributed by atoms with Crippen LogP contribution in [-0.4, -0.2) is 34.0 Å². The molecule has 1 aliphatic heterocycles. The van der Waals surface area contributed by atoms with Crippen LogP contribution in [0.4, 0.5) is 11.4 Å². The molecule has 0 spiro atoms. The lowest BCUT2D eigenvalue weighted by Gasteiger charge is -2.28. The number of benzene rings is 2. The van der Waals surface area contributed by atoms with Gasteiger partial charge in [-0.25, -0.2) is 0 Å². The molecule has 0 atom stereocenters. The van der Waals surface area contributed by atoms with Gasteiger partial charge >= 0.3 is 0 Å². The van der Waals surface area contributed by atoms with E-state index in [1.165, 1.54) is 24.6 Å². The summed E-state index contributed by atoms with van der Waals surface area (Å²) in [5.41, 5.74) is 0.696. The third-order valence-corrected chi connectivity index (χ3v) is 4.59. The number of non-ortho nitro benzene ring substituents is 1. The molecule has 1 fully saturated rings. The number of piperidine rings is 1. The standard InChI is InChI=1S/C19H19N3O4S/c23-18(20-15-5-4-6-16(13-15)22(24)25)14-7-9-17(10-8-14)26-19(27)21-11-2-1-3-12-21/h4-10,13H,1-3,11-12H2,(H,20,23). The fraction of sp³-hybridized carbons (Fsp3) is 0.263. The van der Waals surface area contributed by atoms with Gasteiger partial charge in [-0.2, -0.15) is 0 Å². The maximum absolute atomic E-state index is 12.3. The van der Waals surface area contributed by atoms with Crippen LogP contribution < -0.4 is 10.1 Å². The topological polar surface area (TPSA) is 84.7 Å².